The van der Waals surface area contributed by atoms with Crippen LogP contribution in [0.1, 0.15) is 32.3 Å². The molecule has 0 spiro atoms. The van der Waals surface area contributed by atoms with Crippen molar-refractivity contribution < 1.29 is 14.3 Å². The lowest BCUT2D eigenvalue weighted by atomic mass is 9.97. The van der Waals surface area contributed by atoms with E-state index in [9.17, 15) is 9.59 Å². The molecule has 1 amide bonds. The average Bonchev–Trinajstić information content (AvgIpc) is 3.17. The van der Waals surface area contributed by atoms with Gasteiger partial charge in [0.2, 0.25) is 5.91 Å². The molecule has 1 saturated heterocycles. The smallest absolute Gasteiger partial charge is 0.309 e. The summed E-state index contributed by atoms with van der Waals surface area (Å²) < 4.78 is 7.26. The zero-order chi connectivity index (χ0) is 22.7. The predicted octanol–water partition coefficient (Wildman–Crippen LogP) is 4.62. The number of aromatic nitrogens is 2. The summed E-state index contributed by atoms with van der Waals surface area (Å²) in [7, 11) is 0. The van der Waals surface area contributed by atoms with Crippen molar-refractivity contribution in [3.05, 3.63) is 54.1 Å². The van der Waals surface area contributed by atoms with E-state index in [1.807, 2.05) is 36.9 Å². The van der Waals surface area contributed by atoms with Gasteiger partial charge in [0, 0.05) is 18.8 Å². The van der Waals surface area contributed by atoms with Crippen molar-refractivity contribution >= 4 is 34.7 Å². The van der Waals surface area contributed by atoms with E-state index < -0.39 is 0 Å². The van der Waals surface area contributed by atoms with E-state index >= 15 is 0 Å². The van der Waals surface area contributed by atoms with Crippen LogP contribution in [0.4, 0.5) is 0 Å². The molecule has 0 N–H and O–H groups in total. The van der Waals surface area contributed by atoms with Gasteiger partial charge in [-0.3, -0.25) is 14.2 Å². The quantitative estimate of drug-likeness (QED) is 0.404. The van der Waals surface area contributed by atoms with Crippen molar-refractivity contribution in [2.75, 3.05) is 19.7 Å². The Balaban J connectivity index is 1.51. The molecule has 0 bridgehead atoms. The molecule has 4 rings (SSSR count). The number of para-hydroxylation sites is 2. The highest BCUT2D eigenvalue weighted by atomic mass is 32.2. The normalized spacial score (nSPS) is 15.7. The fourth-order valence-electron chi connectivity index (χ4n) is 4.09. The fraction of sp³-hybridized carbons (Fsp3) is 0.400. The van der Waals surface area contributed by atoms with Gasteiger partial charge in [-0.25, -0.2) is 4.98 Å². The van der Waals surface area contributed by atoms with E-state index in [0.29, 0.717) is 32.5 Å². The van der Waals surface area contributed by atoms with Crippen LogP contribution in [0, 0.1) is 12.8 Å². The summed E-state index contributed by atoms with van der Waals surface area (Å²) in [4.78, 5) is 31.8. The van der Waals surface area contributed by atoms with E-state index in [1.165, 1.54) is 17.3 Å². The lowest BCUT2D eigenvalue weighted by molar-refractivity contribution is -0.151. The summed E-state index contributed by atoms with van der Waals surface area (Å²) >= 11 is 1.48. The van der Waals surface area contributed by atoms with Crippen LogP contribution in [0.5, 0.6) is 0 Å². The predicted molar refractivity (Wildman–Crippen MR) is 127 cm³/mol. The molecule has 2 aromatic carbocycles. The first-order valence-corrected chi connectivity index (χ1v) is 12.0. The summed E-state index contributed by atoms with van der Waals surface area (Å²) in [6.07, 6.45) is 1.31. The molecule has 3 aromatic rings. The van der Waals surface area contributed by atoms with Gasteiger partial charge in [0.05, 0.1) is 28.8 Å². The molecule has 2 heterocycles. The number of rotatable bonds is 6. The van der Waals surface area contributed by atoms with Crippen LogP contribution in [-0.4, -0.2) is 51.3 Å². The third-order valence-corrected chi connectivity index (χ3v) is 6.92. The van der Waals surface area contributed by atoms with Gasteiger partial charge in [-0.05, 0) is 57.9 Å². The summed E-state index contributed by atoms with van der Waals surface area (Å²) in [5, 5.41) is 0.521. The number of hydrogen-bond acceptors (Lipinski definition) is 5. The van der Waals surface area contributed by atoms with Gasteiger partial charge in [0.1, 0.15) is 0 Å². The van der Waals surface area contributed by atoms with Crippen LogP contribution in [0.15, 0.2) is 53.7 Å². The number of carbonyl (C=O) groups excluding carboxylic acids is 2. The van der Waals surface area contributed by atoms with E-state index in [0.717, 1.165) is 21.9 Å². The van der Waals surface area contributed by atoms with Crippen LogP contribution in [0.25, 0.3) is 16.7 Å². The number of amides is 1. The van der Waals surface area contributed by atoms with E-state index in [4.69, 9.17) is 9.72 Å². The second-order valence-corrected chi connectivity index (χ2v) is 9.47. The number of carbonyl (C=O) groups is 2. The molecule has 1 fully saturated rings. The highest BCUT2D eigenvalue weighted by molar-refractivity contribution is 8.00. The first kappa shape index (κ1) is 22.4. The first-order chi connectivity index (χ1) is 15.5. The summed E-state index contributed by atoms with van der Waals surface area (Å²) in [6, 6.07) is 16.4. The Bertz CT molecular complexity index is 1100. The minimum atomic E-state index is -0.282. The monoisotopic (exact) mass is 451 g/mol. The van der Waals surface area contributed by atoms with Crippen molar-refractivity contribution in [1.82, 2.24) is 14.5 Å². The van der Waals surface area contributed by atoms with Crippen molar-refractivity contribution in [2.45, 2.75) is 44.0 Å². The Labute approximate surface area is 193 Å². The molecular weight excluding hydrogens is 422 g/mol. The number of nitrogens with zero attached hydrogens (tertiary/aromatic N) is 3. The van der Waals surface area contributed by atoms with E-state index in [2.05, 4.69) is 41.8 Å². The first-order valence-electron chi connectivity index (χ1n) is 11.1. The van der Waals surface area contributed by atoms with Crippen LogP contribution >= 0.6 is 11.8 Å². The van der Waals surface area contributed by atoms with Crippen LogP contribution in [-0.2, 0) is 14.3 Å². The highest BCUT2D eigenvalue weighted by Crippen LogP contribution is 2.32. The summed E-state index contributed by atoms with van der Waals surface area (Å²) in [5.41, 5.74) is 4.16. The second kappa shape index (κ2) is 9.77. The molecule has 7 heteroatoms. The minimum absolute atomic E-state index is 0.0832. The molecule has 0 aliphatic carbocycles. The molecule has 32 heavy (non-hydrogen) atoms. The number of piperidine rings is 1. The van der Waals surface area contributed by atoms with Crippen molar-refractivity contribution in [1.29, 1.82) is 0 Å². The molecule has 1 aliphatic heterocycles. The Morgan fingerprint density at radius 3 is 2.50 bits per heavy atom. The topological polar surface area (TPSA) is 64.4 Å². The Kier molecular flexibility index (Phi) is 6.84. The second-order valence-electron chi connectivity index (χ2n) is 8.17. The third-order valence-electron chi connectivity index (χ3n) is 5.88. The Morgan fingerprint density at radius 2 is 1.81 bits per heavy atom. The van der Waals surface area contributed by atoms with Gasteiger partial charge >= 0.3 is 5.97 Å². The molecule has 168 valence electrons. The fourth-order valence-corrected chi connectivity index (χ4v) is 5.11. The van der Waals surface area contributed by atoms with Crippen LogP contribution < -0.4 is 0 Å². The summed E-state index contributed by atoms with van der Waals surface area (Å²) in [6.45, 7) is 7.39. The number of aryl methyl sites for hydroxylation is 1. The number of imidazole rings is 1. The SMILES string of the molecule is CCOC(=O)C1CCN(C(=O)C(C)Sc2nc3ccccc3n2-c2ccc(C)cc2)CC1. The van der Waals surface area contributed by atoms with Crippen molar-refractivity contribution in [2.24, 2.45) is 5.92 Å². The number of benzene rings is 2. The standard InChI is InChI=1S/C25H29N3O3S/c1-4-31-24(30)19-13-15-27(16-14-19)23(29)18(3)32-25-26-21-7-5-6-8-22(21)28(25)20-11-9-17(2)10-12-20/h5-12,18-19H,4,13-16H2,1-3H3. The number of esters is 1. The third kappa shape index (κ3) is 4.67. The van der Waals surface area contributed by atoms with Crippen molar-refractivity contribution in [3.8, 4) is 5.69 Å². The van der Waals surface area contributed by atoms with Gasteiger partial charge in [0.25, 0.3) is 0 Å². The number of ether oxygens (including phenoxy) is 1. The zero-order valence-electron chi connectivity index (χ0n) is 18.8. The lowest BCUT2D eigenvalue weighted by Gasteiger charge is -2.32. The van der Waals surface area contributed by atoms with Crippen molar-refractivity contribution in [3.63, 3.8) is 0 Å². The minimum Gasteiger partial charge on any atom is -0.466 e. The van der Waals surface area contributed by atoms with Gasteiger partial charge in [-0.2, -0.15) is 0 Å². The molecule has 0 radical (unpaired) electrons. The molecule has 0 saturated carbocycles. The molecular formula is C25H29N3O3S. The zero-order valence-corrected chi connectivity index (χ0v) is 19.6. The summed E-state index contributed by atoms with van der Waals surface area (Å²) in [5.74, 6) is -0.165. The molecule has 1 aliphatic rings. The number of fused-ring (bicyclic) bond motifs is 1. The van der Waals surface area contributed by atoms with Gasteiger partial charge in [0.15, 0.2) is 5.16 Å². The largest absolute Gasteiger partial charge is 0.466 e. The number of thioether (sulfide) groups is 1. The van der Waals surface area contributed by atoms with Crippen LogP contribution in [0.2, 0.25) is 0 Å². The average molecular weight is 452 g/mol. The number of likely N-dealkylation sites (tertiary alicyclic amines) is 1. The maximum atomic E-state index is 13.2. The van der Waals surface area contributed by atoms with Gasteiger partial charge in [-0.1, -0.05) is 41.6 Å². The van der Waals surface area contributed by atoms with E-state index in [-0.39, 0.29) is 23.0 Å². The Morgan fingerprint density at radius 1 is 1.12 bits per heavy atom. The highest BCUT2D eigenvalue weighted by Gasteiger charge is 2.31. The maximum absolute atomic E-state index is 13.2. The Hall–Kier alpha value is -2.80. The van der Waals surface area contributed by atoms with Crippen LogP contribution in [0.3, 0.4) is 0 Å². The maximum Gasteiger partial charge on any atom is 0.309 e. The van der Waals surface area contributed by atoms with Gasteiger partial charge < -0.3 is 9.64 Å². The van der Waals surface area contributed by atoms with Gasteiger partial charge in [-0.15, -0.1) is 0 Å². The lowest BCUT2D eigenvalue weighted by Crippen LogP contribution is -2.43. The molecule has 6 nitrogen and oxygen atoms in total. The molecule has 1 aromatic heterocycles. The van der Waals surface area contributed by atoms with E-state index in [1.54, 1.807) is 0 Å². The molecule has 1 unspecified atom stereocenters. The number of hydrogen-bond donors (Lipinski definition) is 0. The molecule has 1 atom stereocenters.